The number of Topliss-reactive ketones (excluding diaryl/α,β-unsaturated/α-hetero) is 1. The van der Waals surface area contributed by atoms with E-state index in [9.17, 15) is 4.79 Å². The number of hydrogen-bond acceptors (Lipinski definition) is 2. The Morgan fingerprint density at radius 1 is 1.42 bits per heavy atom. The highest BCUT2D eigenvalue weighted by Crippen LogP contribution is 2.27. The van der Waals surface area contributed by atoms with Crippen molar-refractivity contribution in [2.75, 3.05) is 6.26 Å². The van der Waals surface area contributed by atoms with Crippen molar-refractivity contribution in [3.63, 3.8) is 0 Å². The normalized spacial score (nSPS) is 12.2. The second-order valence-electron chi connectivity index (χ2n) is 4.08. The fraction of sp³-hybridized carbons (Fsp3) is 0.900. The molecule has 0 rings (SSSR count). The van der Waals surface area contributed by atoms with E-state index in [1.807, 2.05) is 25.6 Å². The molecule has 0 radical (unpaired) electrons. The summed E-state index contributed by atoms with van der Waals surface area (Å²) in [5, 5.41) is 0. The van der Waals surface area contributed by atoms with Crippen molar-refractivity contribution in [2.45, 2.75) is 45.3 Å². The van der Waals surface area contributed by atoms with Gasteiger partial charge in [-0.2, -0.15) is 11.8 Å². The van der Waals surface area contributed by atoms with E-state index in [1.165, 1.54) is 0 Å². The third-order valence-electron chi connectivity index (χ3n) is 2.17. The van der Waals surface area contributed by atoms with Crippen LogP contribution in [0.3, 0.4) is 0 Å². The summed E-state index contributed by atoms with van der Waals surface area (Å²) in [5.74, 6) is 0.583. The molecule has 0 bridgehead atoms. The van der Waals surface area contributed by atoms with Crippen LogP contribution >= 0.6 is 11.8 Å². The van der Waals surface area contributed by atoms with E-state index in [2.05, 4.69) is 20.1 Å². The maximum absolute atomic E-state index is 11.3. The minimum atomic E-state index is 0.197. The highest BCUT2D eigenvalue weighted by Gasteiger charge is 2.18. The molecule has 0 spiro atoms. The monoisotopic (exact) mass is 188 g/mol. The lowest BCUT2D eigenvalue weighted by atomic mass is 9.99. The van der Waals surface area contributed by atoms with E-state index in [0.717, 1.165) is 12.8 Å². The topological polar surface area (TPSA) is 17.1 Å². The largest absolute Gasteiger partial charge is 0.299 e. The molecule has 0 aromatic heterocycles. The molecule has 0 N–H and O–H groups in total. The van der Waals surface area contributed by atoms with Crippen LogP contribution in [0.2, 0.25) is 0 Å². The molecule has 72 valence electrons. The minimum absolute atomic E-state index is 0.197. The zero-order chi connectivity index (χ0) is 9.78. The third kappa shape index (κ3) is 4.81. The first kappa shape index (κ1) is 12.0. The zero-order valence-electron chi connectivity index (χ0n) is 8.81. The van der Waals surface area contributed by atoms with Gasteiger partial charge in [-0.15, -0.1) is 0 Å². The Labute approximate surface area is 80.3 Å². The Kier molecular flexibility index (Phi) is 4.91. The Morgan fingerprint density at radius 2 is 1.92 bits per heavy atom. The van der Waals surface area contributed by atoms with Gasteiger partial charge in [-0.1, -0.05) is 27.7 Å². The summed E-state index contributed by atoms with van der Waals surface area (Å²) in [6.07, 6.45) is 3.82. The highest BCUT2D eigenvalue weighted by molar-refractivity contribution is 7.99. The van der Waals surface area contributed by atoms with Crippen LogP contribution in [0, 0.1) is 5.92 Å². The van der Waals surface area contributed by atoms with Crippen LogP contribution in [0.15, 0.2) is 0 Å². The molecule has 0 unspecified atom stereocenters. The van der Waals surface area contributed by atoms with Crippen molar-refractivity contribution in [3.8, 4) is 0 Å². The molecule has 0 amide bonds. The molecule has 0 heterocycles. The first-order valence-electron chi connectivity index (χ1n) is 4.47. The summed E-state index contributed by atoms with van der Waals surface area (Å²) in [6, 6.07) is 0. The number of rotatable bonds is 5. The Morgan fingerprint density at radius 3 is 2.25 bits per heavy atom. The molecular formula is C10H20OS. The summed E-state index contributed by atoms with van der Waals surface area (Å²) in [6.45, 7) is 8.30. The van der Waals surface area contributed by atoms with Gasteiger partial charge in [0.15, 0.2) is 0 Å². The van der Waals surface area contributed by atoms with E-state index in [-0.39, 0.29) is 10.7 Å². The summed E-state index contributed by atoms with van der Waals surface area (Å²) in [7, 11) is 0. The van der Waals surface area contributed by atoms with Crippen molar-refractivity contribution in [1.29, 1.82) is 0 Å². The van der Waals surface area contributed by atoms with Gasteiger partial charge in [-0.3, -0.25) is 4.79 Å². The lowest BCUT2D eigenvalue weighted by Gasteiger charge is -2.21. The molecule has 0 aromatic carbocycles. The van der Waals surface area contributed by atoms with Crippen molar-refractivity contribution in [2.24, 2.45) is 5.92 Å². The van der Waals surface area contributed by atoms with Gasteiger partial charge in [-0.25, -0.2) is 0 Å². The number of hydrogen-bond donors (Lipinski definition) is 0. The second kappa shape index (κ2) is 4.90. The second-order valence-corrected chi connectivity index (χ2v) is 5.60. The minimum Gasteiger partial charge on any atom is -0.299 e. The van der Waals surface area contributed by atoms with E-state index in [4.69, 9.17) is 0 Å². The molecule has 0 aliphatic carbocycles. The number of thioether (sulfide) groups is 1. The fourth-order valence-electron chi connectivity index (χ4n) is 0.815. The van der Waals surface area contributed by atoms with Crippen LogP contribution < -0.4 is 0 Å². The van der Waals surface area contributed by atoms with Gasteiger partial charge in [0.2, 0.25) is 0 Å². The highest BCUT2D eigenvalue weighted by atomic mass is 32.2. The van der Waals surface area contributed by atoms with E-state index in [1.54, 1.807) is 0 Å². The third-order valence-corrected chi connectivity index (χ3v) is 3.48. The lowest BCUT2D eigenvalue weighted by molar-refractivity contribution is -0.122. The molecule has 0 saturated carbocycles. The van der Waals surface area contributed by atoms with Gasteiger partial charge in [0.1, 0.15) is 5.78 Å². The maximum atomic E-state index is 11.3. The summed E-state index contributed by atoms with van der Waals surface area (Å²) in [5.41, 5.74) is 0. The van der Waals surface area contributed by atoms with Gasteiger partial charge in [0.05, 0.1) is 0 Å². The van der Waals surface area contributed by atoms with Crippen molar-refractivity contribution in [3.05, 3.63) is 0 Å². The number of ketones is 1. The van der Waals surface area contributed by atoms with Gasteiger partial charge in [0.25, 0.3) is 0 Å². The van der Waals surface area contributed by atoms with Crippen LogP contribution in [-0.2, 0) is 4.79 Å². The molecule has 0 atom stereocenters. The van der Waals surface area contributed by atoms with E-state index in [0.29, 0.717) is 5.78 Å². The van der Waals surface area contributed by atoms with Crippen LogP contribution in [-0.4, -0.2) is 16.8 Å². The van der Waals surface area contributed by atoms with E-state index >= 15 is 0 Å². The van der Waals surface area contributed by atoms with Gasteiger partial charge in [0, 0.05) is 17.1 Å². The Bertz CT molecular complexity index is 150. The van der Waals surface area contributed by atoms with Gasteiger partial charge >= 0.3 is 0 Å². The Balaban J connectivity index is 3.76. The van der Waals surface area contributed by atoms with Gasteiger partial charge < -0.3 is 0 Å². The summed E-state index contributed by atoms with van der Waals surface area (Å²) in [4.78, 5) is 11.3. The molecule has 0 aliphatic heterocycles. The van der Waals surface area contributed by atoms with Crippen molar-refractivity contribution >= 4 is 17.5 Å². The SMILES string of the molecule is CSC(C)(C)CCC(=O)C(C)C. The zero-order valence-corrected chi connectivity index (χ0v) is 9.62. The van der Waals surface area contributed by atoms with Crippen LogP contribution in [0.4, 0.5) is 0 Å². The molecule has 0 aliphatic rings. The smallest absolute Gasteiger partial charge is 0.135 e. The van der Waals surface area contributed by atoms with Crippen LogP contribution in [0.5, 0.6) is 0 Å². The molecule has 0 saturated heterocycles. The molecule has 12 heavy (non-hydrogen) atoms. The Hall–Kier alpha value is 0.0200. The average Bonchev–Trinajstić information content (AvgIpc) is 2.00. The molecule has 2 heteroatoms. The summed E-state index contributed by atoms with van der Waals surface area (Å²) < 4.78 is 0.255. The molecule has 1 nitrogen and oxygen atoms in total. The van der Waals surface area contributed by atoms with Gasteiger partial charge in [-0.05, 0) is 12.7 Å². The first-order chi connectivity index (χ1) is 5.39. The first-order valence-corrected chi connectivity index (χ1v) is 5.69. The van der Waals surface area contributed by atoms with Crippen molar-refractivity contribution in [1.82, 2.24) is 0 Å². The van der Waals surface area contributed by atoms with Crippen LogP contribution in [0.1, 0.15) is 40.5 Å². The number of carbonyl (C=O) groups is 1. The van der Waals surface area contributed by atoms with Crippen molar-refractivity contribution < 1.29 is 4.79 Å². The standard InChI is InChI=1S/C10H20OS/c1-8(2)9(11)6-7-10(3,4)12-5/h8H,6-7H2,1-5H3. The predicted molar refractivity (Wildman–Crippen MR) is 56.7 cm³/mol. The molecule has 0 aromatic rings. The lowest BCUT2D eigenvalue weighted by Crippen LogP contribution is -2.17. The summed E-state index contributed by atoms with van der Waals surface area (Å²) >= 11 is 1.83. The predicted octanol–water partition coefficient (Wildman–Crippen LogP) is 3.13. The quantitative estimate of drug-likeness (QED) is 0.659. The average molecular weight is 188 g/mol. The van der Waals surface area contributed by atoms with Crippen LogP contribution in [0.25, 0.3) is 0 Å². The fourth-order valence-corrected chi connectivity index (χ4v) is 1.12. The van der Waals surface area contributed by atoms with E-state index < -0.39 is 0 Å². The molecule has 0 fully saturated rings. The maximum Gasteiger partial charge on any atom is 0.135 e. The number of carbonyl (C=O) groups excluding carboxylic acids is 1. The molecular weight excluding hydrogens is 168 g/mol.